The number of para-hydroxylation sites is 1. The maximum Gasteiger partial charge on any atom is 0.408 e. The van der Waals surface area contributed by atoms with Crippen LogP contribution in [0.3, 0.4) is 0 Å². The van der Waals surface area contributed by atoms with Gasteiger partial charge in [0, 0.05) is 18.0 Å². The lowest BCUT2D eigenvalue weighted by molar-refractivity contribution is -0.137. The fraction of sp³-hybridized carbons (Fsp3) is 0.310. The van der Waals surface area contributed by atoms with Crippen LogP contribution in [-0.2, 0) is 19.1 Å². The molecule has 2 rings (SSSR count). The number of primary amides is 1. The van der Waals surface area contributed by atoms with E-state index in [0.717, 1.165) is 4.90 Å². The maximum atomic E-state index is 13.7. The number of terminal acetylenes is 2. The predicted octanol–water partition coefficient (Wildman–Crippen LogP) is 3.89. The molecule has 9 nitrogen and oxygen atoms in total. The van der Waals surface area contributed by atoms with Gasteiger partial charge in [0.05, 0.1) is 10.7 Å². The molecule has 0 heterocycles. The zero-order valence-corrected chi connectivity index (χ0v) is 23.0. The molecule has 4 N–H and O–H groups in total. The zero-order chi connectivity index (χ0) is 29.3. The molecule has 2 atom stereocenters. The van der Waals surface area contributed by atoms with E-state index in [1.165, 1.54) is 0 Å². The van der Waals surface area contributed by atoms with Gasteiger partial charge in [0.1, 0.15) is 17.7 Å². The molecular formula is C29H31ClN4O5. The van der Waals surface area contributed by atoms with Gasteiger partial charge in [-0.3, -0.25) is 19.3 Å². The number of ether oxygens (including phenoxy) is 1. The molecule has 2 unspecified atom stereocenters. The average molecular weight is 551 g/mol. The second-order valence-corrected chi connectivity index (χ2v) is 10.0. The van der Waals surface area contributed by atoms with Crippen LogP contribution in [0.2, 0.25) is 5.02 Å². The fourth-order valence-corrected chi connectivity index (χ4v) is 3.86. The number of carbonyl (C=O) groups is 4. The Hall–Kier alpha value is -4.47. The fourth-order valence-electron chi connectivity index (χ4n) is 3.59. The van der Waals surface area contributed by atoms with Crippen LogP contribution in [0.5, 0.6) is 0 Å². The summed E-state index contributed by atoms with van der Waals surface area (Å²) in [4.78, 5) is 52.3. The predicted molar refractivity (Wildman–Crippen MR) is 149 cm³/mol. The number of amides is 4. The summed E-state index contributed by atoms with van der Waals surface area (Å²) in [6.45, 7) is 6.71. The molecule has 2 aromatic rings. The van der Waals surface area contributed by atoms with Crippen molar-refractivity contribution in [2.24, 2.45) is 5.73 Å². The first kappa shape index (κ1) is 30.8. The van der Waals surface area contributed by atoms with Gasteiger partial charge in [-0.1, -0.05) is 48.2 Å². The number of nitrogens with two attached hydrogens (primary N) is 1. The van der Waals surface area contributed by atoms with Crippen LogP contribution in [0.25, 0.3) is 0 Å². The lowest BCUT2D eigenvalue weighted by Crippen LogP contribution is -2.51. The van der Waals surface area contributed by atoms with Crippen molar-refractivity contribution in [2.45, 2.75) is 58.2 Å². The van der Waals surface area contributed by atoms with Gasteiger partial charge in [0.2, 0.25) is 5.91 Å². The summed E-state index contributed by atoms with van der Waals surface area (Å²) < 4.78 is 5.26. The topological polar surface area (TPSA) is 131 Å². The highest BCUT2D eigenvalue weighted by Gasteiger charge is 2.36. The first-order valence-corrected chi connectivity index (χ1v) is 12.3. The minimum absolute atomic E-state index is 0.181. The van der Waals surface area contributed by atoms with Crippen molar-refractivity contribution in [3.05, 3.63) is 64.2 Å². The van der Waals surface area contributed by atoms with Crippen LogP contribution in [0.15, 0.2) is 42.5 Å². The van der Waals surface area contributed by atoms with E-state index >= 15 is 0 Å². The molecule has 0 saturated heterocycles. The van der Waals surface area contributed by atoms with E-state index in [2.05, 4.69) is 22.6 Å². The Morgan fingerprint density at radius 2 is 1.74 bits per heavy atom. The molecule has 4 amide bonds. The third kappa shape index (κ3) is 8.80. The smallest absolute Gasteiger partial charge is 0.408 e. The summed E-state index contributed by atoms with van der Waals surface area (Å²) >= 11 is 6.31. The Kier molecular flexibility index (Phi) is 10.5. The monoisotopic (exact) mass is 550 g/mol. The van der Waals surface area contributed by atoms with Gasteiger partial charge in [-0.15, -0.1) is 6.42 Å². The third-order valence-corrected chi connectivity index (χ3v) is 5.73. The second-order valence-electron chi connectivity index (χ2n) is 9.63. The first-order valence-electron chi connectivity index (χ1n) is 12.0. The molecule has 0 aliphatic carbocycles. The summed E-state index contributed by atoms with van der Waals surface area (Å²) in [5, 5.41) is 5.48. The van der Waals surface area contributed by atoms with E-state index < -0.39 is 41.5 Å². The molecule has 0 spiro atoms. The molecule has 39 heavy (non-hydrogen) atoms. The number of hydrogen-bond donors (Lipinski definition) is 3. The van der Waals surface area contributed by atoms with Crippen molar-refractivity contribution >= 4 is 41.1 Å². The van der Waals surface area contributed by atoms with Gasteiger partial charge in [-0.05, 0) is 63.4 Å². The van der Waals surface area contributed by atoms with Gasteiger partial charge in [0.15, 0.2) is 0 Å². The van der Waals surface area contributed by atoms with E-state index in [1.54, 1.807) is 70.2 Å². The number of nitrogens with one attached hydrogen (secondary N) is 2. The molecule has 0 radical (unpaired) electrons. The van der Waals surface area contributed by atoms with E-state index in [4.69, 9.17) is 34.9 Å². The summed E-state index contributed by atoms with van der Waals surface area (Å²) in [5.41, 5.74) is 6.33. The molecule has 0 aliphatic heterocycles. The zero-order valence-electron chi connectivity index (χ0n) is 22.2. The highest BCUT2D eigenvalue weighted by atomic mass is 35.5. The number of benzene rings is 2. The largest absolute Gasteiger partial charge is 0.444 e. The van der Waals surface area contributed by atoms with E-state index in [0.29, 0.717) is 22.4 Å². The molecule has 0 aromatic heterocycles. The minimum atomic E-state index is -1.36. The molecular weight excluding hydrogens is 520 g/mol. The van der Waals surface area contributed by atoms with Crippen molar-refractivity contribution < 1.29 is 23.9 Å². The van der Waals surface area contributed by atoms with Crippen molar-refractivity contribution in [1.82, 2.24) is 10.2 Å². The quantitative estimate of drug-likeness (QED) is 0.322. The maximum absolute atomic E-state index is 13.7. The summed E-state index contributed by atoms with van der Waals surface area (Å²) in [6, 6.07) is 11.0. The Balaban J connectivity index is 2.53. The summed E-state index contributed by atoms with van der Waals surface area (Å²) in [5.74, 6) is 0.288. The van der Waals surface area contributed by atoms with Crippen LogP contribution >= 0.6 is 11.6 Å². The van der Waals surface area contributed by atoms with Gasteiger partial charge < -0.3 is 21.1 Å². The number of rotatable bonds is 9. The van der Waals surface area contributed by atoms with Crippen molar-refractivity contribution in [3.63, 3.8) is 0 Å². The normalized spacial score (nSPS) is 12.2. The van der Waals surface area contributed by atoms with Crippen molar-refractivity contribution in [1.29, 1.82) is 0 Å². The lowest BCUT2D eigenvalue weighted by Gasteiger charge is -2.30. The van der Waals surface area contributed by atoms with Crippen LogP contribution in [-0.4, -0.2) is 40.4 Å². The number of aryl methyl sites for hydroxylation is 1. The van der Waals surface area contributed by atoms with E-state index in [-0.39, 0.29) is 17.9 Å². The van der Waals surface area contributed by atoms with Gasteiger partial charge in [-0.2, -0.15) is 0 Å². The molecule has 0 bridgehead atoms. The molecule has 0 saturated carbocycles. The number of nitrogens with zero attached hydrogens (tertiary/aromatic N) is 1. The SMILES string of the molecule is C#Cc1ccc(C(C(=O)Nc2c(C)cccc2Cl)N(C#C)C(=O)C(CCC(N)=O)NC(=O)OC(C)(C)C)cc1. The van der Waals surface area contributed by atoms with Gasteiger partial charge in [-0.25, -0.2) is 4.79 Å². The number of carbonyl (C=O) groups excluding carboxylic acids is 4. The van der Waals surface area contributed by atoms with Crippen LogP contribution in [0, 0.1) is 31.7 Å². The summed E-state index contributed by atoms with van der Waals surface area (Å²) in [7, 11) is 0. The Bertz CT molecular complexity index is 1300. The van der Waals surface area contributed by atoms with E-state index in [9.17, 15) is 19.2 Å². The number of anilines is 1. The first-order chi connectivity index (χ1) is 18.3. The third-order valence-electron chi connectivity index (χ3n) is 5.41. The second kappa shape index (κ2) is 13.4. The number of halogens is 1. The Labute approximate surface area is 233 Å². The highest BCUT2D eigenvalue weighted by molar-refractivity contribution is 6.34. The van der Waals surface area contributed by atoms with Crippen LogP contribution in [0.4, 0.5) is 10.5 Å². The lowest BCUT2D eigenvalue weighted by atomic mass is 10.0. The van der Waals surface area contributed by atoms with Crippen LogP contribution in [0.1, 0.15) is 56.3 Å². The van der Waals surface area contributed by atoms with Crippen molar-refractivity contribution in [2.75, 3.05) is 5.32 Å². The Morgan fingerprint density at radius 1 is 1.10 bits per heavy atom. The van der Waals surface area contributed by atoms with Crippen molar-refractivity contribution in [3.8, 4) is 24.8 Å². The molecule has 204 valence electrons. The molecule has 0 fully saturated rings. The molecule has 10 heteroatoms. The minimum Gasteiger partial charge on any atom is -0.444 e. The van der Waals surface area contributed by atoms with Crippen LogP contribution < -0.4 is 16.4 Å². The van der Waals surface area contributed by atoms with E-state index in [1.807, 2.05) is 0 Å². The molecule has 0 aliphatic rings. The standard InChI is InChI=1S/C29H31ClN4O5/c1-7-19-12-14-20(15-13-19)25(26(36)33-24-18(3)10-9-11-21(24)30)34(8-2)27(37)22(16-17-23(31)35)32-28(38)39-29(4,5)6/h1-2,9-15,22,25H,16-17H2,3-6H3,(H2,31,35)(H,32,38)(H,33,36). The summed E-state index contributed by atoms with van der Waals surface area (Å²) in [6.07, 6.45) is 9.90. The van der Waals surface area contributed by atoms with Gasteiger partial charge >= 0.3 is 6.09 Å². The molecule has 2 aromatic carbocycles. The van der Waals surface area contributed by atoms with Gasteiger partial charge in [0.25, 0.3) is 11.8 Å². The highest BCUT2D eigenvalue weighted by Crippen LogP contribution is 2.29. The average Bonchev–Trinajstić information content (AvgIpc) is 2.85. The Morgan fingerprint density at radius 3 is 2.26 bits per heavy atom. The number of hydrogen-bond acceptors (Lipinski definition) is 5. The number of alkyl carbamates (subject to hydrolysis) is 1.